The minimum absolute atomic E-state index is 0.0756. The highest BCUT2D eigenvalue weighted by Gasteiger charge is 2.19. The molecule has 0 aliphatic carbocycles. The van der Waals surface area contributed by atoms with Crippen molar-refractivity contribution in [2.24, 2.45) is 0 Å². The van der Waals surface area contributed by atoms with Gasteiger partial charge in [0.1, 0.15) is 0 Å². The van der Waals surface area contributed by atoms with E-state index < -0.39 is 5.82 Å². The number of carbonyl (C=O) groups excluding carboxylic acids is 1. The first kappa shape index (κ1) is 18.2. The lowest BCUT2D eigenvalue weighted by molar-refractivity contribution is -0.118. The zero-order valence-corrected chi connectivity index (χ0v) is 15.0. The second-order valence-corrected chi connectivity index (χ2v) is 6.21. The molecule has 0 spiro atoms. The Hall–Kier alpha value is -2.60. The van der Waals surface area contributed by atoms with E-state index in [0.717, 1.165) is 44.1 Å². The van der Waals surface area contributed by atoms with Crippen molar-refractivity contribution in [3.63, 3.8) is 0 Å². The van der Waals surface area contributed by atoms with E-state index >= 15 is 0 Å². The number of ether oxygens (including phenoxy) is 1. The summed E-state index contributed by atoms with van der Waals surface area (Å²) in [6.45, 7) is 6.85. The molecular formula is C20H24FN3O2. The predicted molar refractivity (Wildman–Crippen MR) is 101 cm³/mol. The number of likely N-dealkylation sites (N-methyl/N-ethyl adjacent to an activating group) is 1. The average Bonchev–Trinajstić information content (AvgIpc) is 2.68. The highest BCUT2D eigenvalue weighted by Crippen LogP contribution is 2.26. The molecule has 2 aromatic carbocycles. The number of nitrogens with zero attached hydrogens (tertiary/aromatic N) is 2. The summed E-state index contributed by atoms with van der Waals surface area (Å²) in [6.07, 6.45) is 0. The topological polar surface area (TPSA) is 44.8 Å². The number of para-hydroxylation sites is 3. The van der Waals surface area contributed by atoms with Gasteiger partial charge in [0.2, 0.25) is 0 Å². The standard InChI is InChI=1S/C20H24FN3O2/c1-2-23-11-13-24(14-12-23)18-9-5-4-8-17(18)22-20(25)15-26-19-10-6-3-7-16(19)21/h3-10H,2,11-15H2,1H3,(H,22,25). The molecule has 2 aromatic rings. The Labute approximate surface area is 153 Å². The Bertz CT molecular complexity index is 745. The van der Waals surface area contributed by atoms with Gasteiger partial charge in [-0.25, -0.2) is 4.39 Å². The Kier molecular flexibility index (Phi) is 6.07. The summed E-state index contributed by atoms with van der Waals surface area (Å²) in [5.41, 5.74) is 1.75. The number of carbonyl (C=O) groups is 1. The summed E-state index contributed by atoms with van der Waals surface area (Å²) >= 11 is 0. The van der Waals surface area contributed by atoms with E-state index in [2.05, 4.69) is 22.0 Å². The lowest BCUT2D eigenvalue weighted by atomic mass is 10.2. The molecule has 1 fully saturated rings. The molecule has 3 rings (SSSR count). The van der Waals surface area contributed by atoms with Crippen molar-refractivity contribution >= 4 is 17.3 Å². The van der Waals surface area contributed by atoms with Gasteiger partial charge >= 0.3 is 0 Å². The highest BCUT2D eigenvalue weighted by atomic mass is 19.1. The molecule has 0 bridgehead atoms. The Morgan fingerprint density at radius 1 is 1.08 bits per heavy atom. The molecule has 138 valence electrons. The number of nitrogens with one attached hydrogen (secondary N) is 1. The van der Waals surface area contributed by atoms with Crippen LogP contribution in [0.2, 0.25) is 0 Å². The van der Waals surface area contributed by atoms with Crippen LogP contribution >= 0.6 is 0 Å². The predicted octanol–water partition coefficient (Wildman–Crippen LogP) is 2.99. The van der Waals surface area contributed by atoms with Crippen LogP contribution in [0.15, 0.2) is 48.5 Å². The lowest BCUT2D eigenvalue weighted by Crippen LogP contribution is -2.46. The molecule has 1 saturated heterocycles. The van der Waals surface area contributed by atoms with E-state index in [1.165, 1.54) is 12.1 Å². The zero-order chi connectivity index (χ0) is 18.4. The summed E-state index contributed by atoms with van der Waals surface area (Å²) < 4.78 is 18.8. The van der Waals surface area contributed by atoms with Gasteiger partial charge < -0.3 is 19.9 Å². The molecule has 0 atom stereocenters. The first-order chi connectivity index (χ1) is 12.7. The van der Waals surface area contributed by atoms with Crippen molar-refractivity contribution in [3.8, 4) is 5.75 Å². The van der Waals surface area contributed by atoms with Gasteiger partial charge in [0.05, 0.1) is 11.4 Å². The Morgan fingerprint density at radius 3 is 2.50 bits per heavy atom. The maximum absolute atomic E-state index is 13.6. The van der Waals surface area contributed by atoms with Crippen LogP contribution in [-0.4, -0.2) is 50.1 Å². The van der Waals surface area contributed by atoms with Gasteiger partial charge in [-0.2, -0.15) is 0 Å². The first-order valence-electron chi connectivity index (χ1n) is 8.91. The van der Waals surface area contributed by atoms with E-state index in [-0.39, 0.29) is 18.3 Å². The third-order valence-corrected chi connectivity index (χ3v) is 4.53. The molecule has 5 nitrogen and oxygen atoms in total. The number of rotatable bonds is 6. The van der Waals surface area contributed by atoms with Crippen LogP contribution < -0.4 is 15.0 Å². The summed E-state index contributed by atoms with van der Waals surface area (Å²) in [6, 6.07) is 13.8. The summed E-state index contributed by atoms with van der Waals surface area (Å²) in [4.78, 5) is 16.9. The fourth-order valence-electron chi connectivity index (χ4n) is 3.05. The largest absolute Gasteiger partial charge is 0.481 e. The van der Waals surface area contributed by atoms with Crippen LogP contribution in [0.1, 0.15) is 6.92 Å². The number of anilines is 2. The molecule has 26 heavy (non-hydrogen) atoms. The van der Waals surface area contributed by atoms with Crippen LogP contribution in [0.3, 0.4) is 0 Å². The molecule has 1 N–H and O–H groups in total. The third-order valence-electron chi connectivity index (χ3n) is 4.53. The van der Waals surface area contributed by atoms with Crippen LogP contribution in [0.4, 0.5) is 15.8 Å². The number of amides is 1. The molecule has 0 radical (unpaired) electrons. The number of benzene rings is 2. The van der Waals surface area contributed by atoms with Gasteiger partial charge in [0.15, 0.2) is 18.2 Å². The minimum atomic E-state index is -0.477. The van der Waals surface area contributed by atoms with Crippen molar-refractivity contribution in [3.05, 3.63) is 54.3 Å². The van der Waals surface area contributed by atoms with Crippen molar-refractivity contribution in [2.75, 3.05) is 49.5 Å². The molecule has 6 heteroatoms. The van der Waals surface area contributed by atoms with E-state index in [9.17, 15) is 9.18 Å². The quantitative estimate of drug-likeness (QED) is 0.863. The lowest BCUT2D eigenvalue weighted by Gasteiger charge is -2.36. The van der Waals surface area contributed by atoms with Crippen molar-refractivity contribution < 1.29 is 13.9 Å². The van der Waals surface area contributed by atoms with Crippen LogP contribution in [0, 0.1) is 5.82 Å². The molecule has 1 amide bonds. The van der Waals surface area contributed by atoms with Gasteiger partial charge in [-0.1, -0.05) is 31.2 Å². The van der Waals surface area contributed by atoms with Crippen LogP contribution in [-0.2, 0) is 4.79 Å². The molecule has 0 unspecified atom stereocenters. The summed E-state index contributed by atoms with van der Waals surface area (Å²) in [5.74, 6) is -0.714. The maximum atomic E-state index is 13.6. The molecule has 0 saturated carbocycles. The second kappa shape index (κ2) is 8.67. The fraction of sp³-hybridized carbons (Fsp3) is 0.350. The van der Waals surface area contributed by atoms with Crippen molar-refractivity contribution in [1.29, 1.82) is 0 Å². The van der Waals surface area contributed by atoms with E-state index in [1.54, 1.807) is 12.1 Å². The first-order valence-corrected chi connectivity index (χ1v) is 8.91. The molecule has 1 aliphatic rings. The number of halogens is 1. The Balaban J connectivity index is 1.61. The SMILES string of the molecule is CCN1CCN(c2ccccc2NC(=O)COc2ccccc2F)CC1. The summed E-state index contributed by atoms with van der Waals surface area (Å²) in [5, 5.41) is 2.88. The van der Waals surface area contributed by atoms with Gasteiger partial charge in [-0.05, 0) is 30.8 Å². The molecule has 0 aromatic heterocycles. The smallest absolute Gasteiger partial charge is 0.262 e. The second-order valence-electron chi connectivity index (χ2n) is 6.21. The van der Waals surface area contributed by atoms with E-state index in [1.807, 2.05) is 24.3 Å². The highest BCUT2D eigenvalue weighted by molar-refractivity contribution is 5.95. The van der Waals surface area contributed by atoms with Crippen molar-refractivity contribution in [1.82, 2.24) is 4.90 Å². The molecule has 1 heterocycles. The number of hydrogen-bond acceptors (Lipinski definition) is 4. The molecular weight excluding hydrogens is 333 g/mol. The van der Waals surface area contributed by atoms with E-state index in [4.69, 9.17) is 4.74 Å². The minimum Gasteiger partial charge on any atom is -0.481 e. The van der Waals surface area contributed by atoms with E-state index in [0.29, 0.717) is 0 Å². The third kappa shape index (κ3) is 4.52. The molecule has 1 aliphatic heterocycles. The van der Waals surface area contributed by atoms with Crippen molar-refractivity contribution in [2.45, 2.75) is 6.92 Å². The van der Waals surface area contributed by atoms with Gasteiger partial charge in [0, 0.05) is 26.2 Å². The maximum Gasteiger partial charge on any atom is 0.262 e. The fourth-order valence-corrected chi connectivity index (χ4v) is 3.05. The van der Waals surface area contributed by atoms with Gasteiger partial charge in [-0.15, -0.1) is 0 Å². The Morgan fingerprint density at radius 2 is 1.77 bits per heavy atom. The number of piperazine rings is 1. The van der Waals surface area contributed by atoms with Gasteiger partial charge in [-0.3, -0.25) is 4.79 Å². The van der Waals surface area contributed by atoms with Crippen LogP contribution in [0.25, 0.3) is 0 Å². The zero-order valence-electron chi connectivity index (χ0n) is 15.0. The monoisotopic (exact) mass is 357 g/mol. The normalized spacial score (nSPS) is 14.9. The average molecular weight is 357 g/mol. The van der Waals surface area contributed by atoms with Gasteiger partial charge in [0.25, 0.3) is 5.91 Å². The summed E-state index contributed by atoms with van der Waals surface area (Å²) in [7, 11) is 0. The number of hydrogen-bond donors (Lipinski definition) is 1. The van der Waals surface area contributed by atoms with Crippen LogP contribution in [0.5, 0.6) is 5.75 Å².